The average molecular weight is 507 g/mol. The van der Waals surface area contributed by atoms with Gasteiger partial charge < -0.3 is 0 Å². The monoisotopic (exact) mass is 504 g/mol. The van der Waals surface area contributed by atoms with Crippen molar-refractivity contribution < 1.29 is 0 Å². The minimum absolute atomic E-state index is 0.0923. The molecule has 6 nitrogen and oxygen atoms in total. The van der Waals surface area contributed by atoms with Gasteiger partial charge in [0, 0.05) is 0 Å². The van der Waals surface area contributed by atoms with Gasteiger partial charge in [-0.05, 0) is 34.7 Å². The Hall–Kier alpha value is -0.540. The standard InChI is InChI=1S/C11H7Cl6N3S.C3H3N3/c1-2-5-3-6(21-4-5)7-18-8(10(12,13)14)20-9(19-7)11(15,16)17;1-2-4-6-5-3-1/h3-4H,2H2,1H3;1-3H. The Morgan fingerprint density at radius 1 is 0.889 bits per heavy atom. The molecule has 3 heterocycles. The summed E-state index contributed by atoms with van der Waals surface area (Å²) in [6, 6.07) is 3.65. The Kier molecular flexibility index (Phi) is 8.24. The number of alkyl halides is 6. The van der Waals surface area contributed by atoms with Gasteiger partial charge >= 0.3 is 0 Å². The fourth-order valence-corrected chi connectivity index (χ4v) is 3.06. The first kappa shape index (κ1) is 22.7. The lowest BCUT2D eigenvalue weighted by Gasteiger charge is -2.15. The SMILES string of the molecule is CCc1csc(-c2nc(C(Cl)(Cl)Cl)nc(C(Cl)(Cl)Cl)n2)c1.c1cnnnc1. The number of hydrogen-bond acceptors (Lipinski definition) is 7. The Labute approximate surface area is 189 Å². The Balaban J connectivity index is 0.000000369. The van der Waals surface area contributed by atoms with Gasteiger partial charge in [-0.1, -0.05) is 76.5 Å². The van der Waals surface area contributed by atoms with Crippen LogP contribution in [0.25, 0.3) is 10.7 Å². The molecule has 0 unspecified atom stereocenters. The molecular formula is C14H10Cl6N6S. The average Bonchev–Trinajstić information content (AvgIpc) is 3.11. The summed E-state index contributed by atoms with van der Waals surface area (Å²) in [7, 11) is 0. The normalized spacial score (nSPS) is 11.7. The third-order valence-electron chi connectivity index (χ3n) is 2.83. The number of halogens is 6. The number of hydrogen-bond donors (Lipinski definition) is 0. The highest BCUT2D eigenvalue weighted by Gasteiger charge is 2.34. The van der Waals surface area contributed by atoms with E-state index in [1.54, 1.807) is 18.5 Å². The Morgan fingerprint density at radius 2 is 1.44 bits per heavy atom. The summed E-state index contributed by atoms with van der Waals surface area (Å²) in [5.74, 6) is 0.118. The van der Waals surface area contributed by atoms with E-state index < -0.39 is 7.59 Å². The van der Waals surface area contributed by atoms with Crippen LogP contribution < -0.4 is 0 Å². The second-order valence-corrected chi connectivity index (χ2v) is 10.3. The topological polar surface area (TPSA) is 77.3 Å². The minimum atomic E-state index is -1.84. The lowest BCUT2D eigenvalue weighted by Crippen LogP contribution is -2.16. The molecule has 0 aliphatic heterocycles. The number of aromatic nitrogens is 6. The second-order valence-electron chi connectivity index (χ2n) is 4.79. The molecule has 3 aromatic rings. The van der Waals surface area contributed by atoms with E-state index in [2.05, 4.69) is 30.4 Å². The zero-order chi connectivity index (χ0) is 20.1. The molecule has 0 spiro atoms. The highest BCUT2D eigenvalue weighted by Crippen LogP contribution is 2.41. The zero-order valence-electron chi connectivity index (χ0n) is 13.5. The molecule has 0 bridgehead atoms. The van der Waals surface area contributed by atoms with Crippen molar-refractivity contribution in [2.75, 3.05) is 0 Å². The molecule has 27 heavy (non-hydrogen) atoms. The number of nitrogens with zero attached hydrogens (tertiary/aromatic N) is 6. The minimum Gasteiger partial charge on any atom is -0.209 e. The summed E-state index contributed by atoms with van der Waals surface area (Å²) >= 11 is 36.4. The van der Waals surface area contributed by atoms with Gasteiger partial charge in [0.25, 0.3) is 0 Å². The highest BCUT2D eigenvalue weighted by atomic mass is 35.6. The predicted molar refractivity (Wildman–Crippen MR) is 111 cm³/mol. The summed E-state index contributed by atoms with van der Waals surface area (Å²) in [4.78, 5) is 13.0. The van der Waals surface area contributed by atoms with E-state index in [9.17, 15) is 0 Å². The lowest BCUT2D eigenvalue weighted by molar-refractivity contribution is 0.852. The molecule has 0 saturated heterocycles. The zero-order valence-corrected chi connectivity index (χ0v) is 18.8. The molecular weight excluding hydrogens is 497 g/mol. The summed E-state index contributed by atoms with van der Waals surface area (Å²) in [6.45, 7) is 2.04. The largest absolute Gasteiger partial charge is 0.250 e. The maximum Gasteiger partial charge on any atom is 0.250 e. The highest BCUT2D eigenvalue weighted by molar-refractivity contribution is 7.13. The molecule has 0 aromatic carbocycles. The van der Waals surface area contributed by atoms with Crippen LogP contribution in [0.2, 0.25) is 0 Å². The molecule has 0 aliphatic carbocycles. The lowest BCUT2D eigenvalue weighted by atomic mass is 10.2. The summed E-state index contributed by atoms with van der Waals surface area (Å²) in [5.41, 5.74) is 1.14. The fourth-order valence-electron chi connectivity index (χ4n) is 1.62. The summed E-state index contributed by atoms with van der Waals surface area (Å²) in [6.07, 6.45) is 4.04. The molecule has 3 rings (SSSR count). The van der Waals surface area contributed by atoms with E-state index in [4.69, 9.17) is 69.6 Å². The van der Waals surface area contributed by atoms with E-state index in [0.717, 1.165) is 16.9 Å². The van der Waals surface area contributed by atoms with Gasteiger partial charge in [-0.25, -0.2) is 15.0 Å². The molecule has 0 radical (unpaired) electrons. The fraction of sp³-hybridized carbons (Fsp3) is 0.286. The van der Waals surface area contributed by atoms with Crippen molar-refractivity contribution in [1.29, 1.82) is 0 Å². The molecule has 3 aromatic heterocycles. The third-order valence-corrected chi connectivity index (χ3v) is 4.82. The number of thiophene rings is 1. The molecule has 0 atom stereocenters. The van der Waals surface area contributed by atoms with Gasteiger partial charge in [-0.2, -0.15) is 0 Å². The Bertz CT molecular complexity index is 806. The first-order chi connectivity index (χ1) is 12.6. The van der Waals surface area contributed by atoms with Gasteiger partial charge in [0.2, 0.25) is 7.59 Å². The molecule has 0 amide bonds. The van der Waals surface area contributed by atoms with Crippen molar-refractivity contribution in [2.24, 2.45) is 0 Å². The predicted octanol–water partition coefficient (Wildman–Crippen LogP) is 5.69. The van der Waals surface area contributed by atoms with E-state index in [-0.39, 0.29) is 11.6 Å². The van der Waals surface area contributed by atoms with Crippen molar-refractivity contribution in [3.8, 4) is 10.7 Å². The van der Waals surface area contributed by atoms with E-state index >= 15 is 0 Å². The van der Waals surface area contributed by atoms with Crippen molar-refractivity contribution in [2.45, 2.75) is 20.9 Å². The third kappa shape index (κ3) is 7.09. The van der Waals surface area contributed by atoms with Crippen LogP contribution in [0.1, 0.15) is 24.1 Å². The van der Waals surface area contributed by atoms with Crippen LogP contribution in [0.5, 0.6) is 0 Å². The molecule has 0 aliphatic rings. The molecule has 13 heteroatoms. The maximum absolute atomic E-state index is 5.82. The van der Waals surface area contributed by atoms with Crippen LogP contribution in [-0.2, 0) is 14.0 Å². The smallest absolute Gasteiger partial charge is 0.209 e. The Morgan fingerprint density at radius 3 is 1.78 bits per heavy atom. The van der Waals surface area contributed by atoms with Gasteiger partial charge in [0.1, 0.15) is 0 Å². The van der Waals surface area contributed by atoms with Crippen LogP contribution in [0, 0.1) is 0 Å². The van der Waals surface area contributed by atoms with Crippen molar-refractivity contribution in [3.05, 3.63) is 47.1 Å². The first-order valence-corrected chi connectivity index (χ1v) is 10.3. The van der Waals surface area contributed by atoms with Crippen LogP contribution in [0.15, 0.2) is 29.9 Å². The van der Waals surface area contributed by atoms with Gasteiger partial charge in [0.15, 0.2) is 17.5 Å². The molecule has 0 saturated carbocycles. The van der Waals surface area contributed by atoms with Crippen molar-refractivity contribution in [3.63, 3.8) is 0 Å². The first-order valence-electron chi connectivity index (χ1n) is 7.18. The van der Waals surface area contributed by atoms with Crippen LogP contribution in [-0.4, -0.2) is 30.4 Å². The summed E-state index contributed by atoms with van der Waals surface area (Å²) in [5, 5.41) is 12.1. The van der Waals surface area contributed by atoms with Crippen molar-refractivity contribution in [1.82, 2.24) is 30.4 Å². The number of rotatable bonds is 2. The van der Waals surface area contributed by atoms with E-state index in [1.807, 2.05) is 18.4 Å². The molecule has 0 fully saturated rings. The van der Waals surface area contributed by atoms with Crippen LogP contribution in [0.4, 0.5) is 0 Å². The van der Waals surface area contributed by atoms with Crippen molar-refractivity contribution >= 4 is 80.9 Å². The van der Waals surface area contributed by atoms with E-state index in [1.165, 1.54) is 11.3 Å². The summed E-state index contributed by atoms with van der Waals surface area (Å²) < 4.78 is -3.68. The number of aryl methyl sites for hydroxylation is 1. The molecule has 0 N–H and O–H groups in total. The second kappa shape index (κ2) is 9.78. The van der Waals surface area contributed by atoms with Gasteiger partial charge in [0.05, 0.1) is 17.3 Å². The van der Waals surface area contributed by atoms with Gasteiger partial charge in [-0.3, -0.25) is 0 Å². The maximum atomic E-state index is 5.82. The quantitative estimate of drug-likeness (QED) is 0.416. The molecule has 144 valence electrons. The van der Waals surface area contributed by atoms with Crippen LogP contribution in [0.3, 0.4) is 0 Å². The van der Waals surface area contributed by atoms with Crippen LogP contribution >= 0.6 is 80.9 Å². The van der Waals surface area contributed by atoms with Gasteiger partial charge in [-0.15, -0.1) is 21.5 Å². The van der Waals surface area contributed by atoms with E-state index in [0.29, 0.717) is 5.82 Å².